The van der Waals surface area contributed by atoms with Crippen LogP contribution in [-0.2, 0) is 0 Å². The van der Waals surface area contributed by atoms with Gasteiger partial charge in [-0.3, -0.25) is 14.9 Å². The Morgan fingerprint density at radius 2 is 1.66 bits per heavy atom. The summed E-state index contributed by atoms with van der Waals surface area (Å²) in [6, 6.07) is 23.8. The minimum atomic E-state index is -0.473. The van der Waals surface area contributed by atoms with Gasteiger partial charge >= 0.3 is 0 Å². The number of fused-ring (bicyclic) bond motifs is 1. The average Bonchev–Trinajstić information content (AvgIpc) is 3.47. The van der Waals surface area contributed by atoms with Crippen molar-refractivity contribution in [1.29, 1.82) is 0 Å². The van der Waals surface area contributed by atoms with Gasteiger partial charge in [-0.2, -0.15) is 0 Å². The summed E-state index contributed by atoms with van der Waals surface area (Å²) >= 11 is 0. The van der Waals surface area contributed by atoms with E-state index in [2.05, 4.69) is 10.3 Å². The summed E-state index contributed by atoms with van der Waals surface area (Å²) < 4.78 is 11.4. The Kier molecular flexibility index (Phi) is 4.72. The molecule has 0 radical (unpaired) electrons. The number of furan rings is 1. The first-order chi connectivity index (χ1) is 15.6. The van der Waals surface area contributed by atoms with Crippen molar-refractivity contribution >= 4 is 28.4 Å². The van der Waals surface area contributed by atoms with E-state index in [-0.39, 0.29) is 11.4 Å². The predicted octanol–water partition coefficient (Wildman–Crippen LogP) is 5.92. The standard InChI is InChI=1S/C24H15N3O5/c28-23(22-13-12-20(31-22)15-6-9-18(10-7-15)27(29)30)25-17-8-11-21-19(14-17)26-24(32-21)16-4-2-1-3-5-16/h1-14H,(H,25,28). The van der Waals surface area contributed by atoms with Crippen LogP contribution in [-0.4, -0.2) is 15.8 Å². The Bertz CT molecular complexity index is 1440. The molecule has 3 aromatic carbocycles. The van der Waals surface area contributed by atoms with Crippen molar-refractivity contribution in [2.45, 2.75) is 0 Å². The van der Waals surface area contributed by atoms with E-state index in [9.17, 15) is 14.9 Å². The number of carbonyl (C=O) groups excluding carboxylic acids is 1. The van der Waals surface area contributed by atoms with Gasteiger partial charge in [-0.25, -0.2) is 4.98 Å². The third-order valence-electron chi connectivity index (χ3n) is 4.86. The lowest BCUT2D eigenvalue weighted by atomic mass is 10.1. The van der Waals surface area contributed by atoms with Crippen molar-refractivity contribution in [1.82, 2.24) is 4.98 Å². The van der Waals surface area contributed by atoms with Gasteiger partial charge < -0.3 is 14.2 Å². The first-order valence-electron chi connectivity index (χ1n) is 9.69. The molecule has 1 N–H and O–H groups in total. The van der Waals surface area contributed by atoms with Gasteiger partial charge in [-0.1, -0.05) is 18.2 Å². The maximum absolute atomic E-state index is 12.6. The van der Waals surface area contributed by atoms with Crippen LogP contribution in [0.15, 0.2) is 93.8 Å². The molecular weight excluding hydrogens is 410 g/mol. The van der Waals surface area contributed by atoms with Crippen LogP contribution < -0.4 is 5.32 Å². The van der Waals surface area contributed by atoms with Gasteiger partial charge in [0.05, 0.1) is 4.92 Å². The van der Waals surface area contributed by atoms with E-state index < -0.39 is 10.8 Å². The van der Waals surface area contributed by atoms with E-state index in [1.165, 1.54) is 12.1 Å². The fraction of sp³-hybridized carbons (Fsp3) is 0. The molecule has 0 unspecified atom stereocenters. The first kappa shape index (κ1) is 19.3. The van der Waals surface area contributed by atoms with Crippen LogP contribution in [0.1, 0.15) is 10.6 Å². The number of non-ortho nitro benzene ring substituents is 1. The third kappa shape index (κ3) is 3.72. The van der Waals surface area contributed by atoms with Gasteiger partial charge in [-0.15, -0.1) is 0 Å². The molecule has 8 heteroatoms. The van der Waals surface area contributed by atoms with Crippen molar-refractivity contribution < 1.29 is 18.6 Å². The molecule has 32 heavy (non-hydrogen) atoms. The molecule has 0 spiro atoms. The average molecular weight is 425 g/mol. The van der Waals surface area contributed by atoms with Crippen molar-refractivity contribution in [3.63, 3.8) is 0 Å². The van der Waals surface area contributed by atoms with Crippen LogP contribution in [0.3, 0.4) is 0 Å². The van der Waals surface area contributed by atoms with Gasteiger partial charge in [0.25, 0.3) is 11.6 Å². The molecule has 5 aromatic rings. The highest BCUT2D eigenvalue weighted by atomic mass is 16.6. The number of nitro benzene ring substituents is 1. The molecule has 0 saturated heterocycles. The highest BCUT2D eigenvalue weighted by Crippen LogP contribution is 2.27. The summed E-state index contributed by atoms with van der Waals surface area (Å²) in [4.78, 5) is 27.4. The molecule has 2 heterocycles. The highest BCUT2D eigenvalue weighted by molar-refractivity contribution is 6.03. The van der Waals surface area contributed by atoms with E-state index >= 15 is 0 Å². The molecule has 0 fully saturated rings. The zero-order chi connectivity index (χ0) is 22.1. The number of nitro groups is 1. The molecule has 5 rings (SSSR count). The quantitative estimate of drug-likeness (QED) is 0.276. The largest absolute Gasteiger partial charge is 0.451 e. The zero-order valence-corrected chi connectivity index (χ0v) is 16.5. The van der Waals surface area contributed by atoms with E-state index in [1.807, 2.05) is 30.3 Å². The van der Waals surface area contributed by atoms with Crippen LogP contribution >= 0.6 is 0 Å². The van der Waals surface area contributed by atoms with Crippen molar-refractivity contribution in [2.75, 3.05) is 5.32 Å². The number of amides is 1. The van der Waals surface area contributed by atoms with Crippen LogP contribution in [0.25, 0.3) is 33.9 Å². The predicted molar refractivity (Wildman–Crippen MR) is 118 cm³/mol. The number of oxazole rings is 1. The number of nitrogens with one attached hydrogen (secondary N) is 1. The third-order valence-corrected chi connectivity index (χ3v) is 4.86. The monoisotopic (exact) mass is 425 g/mol. The molecule has 156 valence electrons. The number of aromatic nitrogens is 1. The minimum absolute atomic E-state index is 0.0167. The molecule has 0 atom stereocenters. The molecule has 2 aromatic heterocycles. The number of nitrogens with zero attached hydrogens (tertiary/aromatic N) is 2. The van der Waals surface area contributed by atoms with Gasteiger partial charge in [-0.05, 0) is 54.6 Å². The molecule has 0 aliphatic rings. The summed E-state index contributed by atoms with van der Waals surface area (Å²) in [5, 5.41) is 13.6. The summed E-state index contributed by atoms with van der Waals surface area (Å²) in [6.45, 7) is 0. The van der Waals surface area contributed by atoms with Crippen LogP contribution in [0, 0.1) is 10.1 Å². The van der Waals surface area contributed by atoms with Crippen LogP contribution in [0.2, 0.25) is 0 Å². The second-order valence-electron chi connectivity index (χ2n) is 6.99. The van der Waals surface area contributed by atoms with Crippen molar-refractivity contribution in [2.24, 2.45) is 0 Å². The Labute approximate surface area is 181 Å². The van der Waals surface area contributed by atoms with Gasteiger partial charge in [0, 0.05) is 28.9 Å². The van der Waals surface area contributed by atoms with Gasteiger partial charge in [0.1, 0.15) is 11.3 Å². The fourth-order valence-electron chi connectivity index (χ4n) is 3.26. The maximum Gasteiger partial charge on any atom is 0.291 e. The highest BCUT2D eigenvalue weighted by Gasteiger charge is 2.15. The Morgan fingerprint density at radius 3 is 2.41 bits per heavy atom. The summed E-state index contributed by atoms with van der Waals surface area (Å²) in [5.41, 5.74) is 3.25. The molecule has 0 saturated carbocycles. The number of anilines is 1. The number of hydrogen-bond donors (Lipinski definition) is 1. The number of carbonyl (C=O) groups is 1. The minimum Gasteiger partial charge on any atom is -0.451 e. The zero-order valence-electron chi connectivity index (χ0n) is 16.5. The molecule has 1 amide bonds. The number of benzene rings is 3. The van der Waals surface area contributed by atoms with Crippen LogP contribution in [0.5, 0.6) is 0 Å². The smallest absolute Gasteiger partial charge is 0.291 e. The van der Waals surface area contributed by atoms with Crippen molar-refractivity contribution in [3.8, 4) is 22.8 Å². The lowest BCUT2D eigenvalue weighted by Gasteiger charge is -2.02. The fourth-order valence-corrected chi connectivity index (χ4v) is 3.26. The number of hydrogen-bond acceptors (Lipinski definition) is 6. The Morgan fingerprint density at radius 1 is 0.875 bits per heavy atom. The molecule has 8 nitrogen and oxygen atoms in total. The molecule has 0 aliphatic heterocycles. The summed E-state index contributed by atoms with van der Waals surface area (Å²) in [5.74, 6) is 0.625. The first-order valence-corrected chi connectivity index (χ1v) is 9.69. The lowest BCUT2D eigenvalue weighted by Crippen LogP contribution is -2.10. The summed E-state index contributed by atoms with van der Waals surface area (Å²) in [6.07, 6.45) is 0. The van der Waals surface area contributed by atoms with E-state index in [0.29, 0.717) is 34.0 Å². The topological polar surface area (TPSA) is 111 Å². The van der Waals surface area contributed by atoms with Gasteiger partial charge in [0.2, 0.25) is 5.89 Å². The number of rotatable bonds is 5. The second-order valence-corrected chi connectivity index (χ2v) is 6.99. The lowest BCUT2D eigenvalue weighted by molar-refractivity contribution is -0.384. The van der Waals surface area contributed by atoms with E-state index in [4.69, 9.17) is 8.83 Å². The maximum atomic E-state index is 12.6. The molecule has 0 aliphatic carbocycles. The molecular formula is C24H15N3O5. The van der Waals surface area contributed by atoms with E-state index in [0.717, 1.165) is 5.56 Å². The van der Waals surface area contributed by atoms with Crippen LogP contribution in [0.4, 0.5) is 11.4 Å². The van der Waals surface area contributed by atoms with E-state index in [1.54, 1.807) is 42.5 Å². The Balaban J connectivity index is 1.34. The Hall–Kier alpha value is -4.72. The second kappa shape index (κ2) is 7.84. The summed E-state index contributed by atoms with van der Waals surface area (Å²) in [7, 11) is 0. The van der Waals surface area contributed by atoms with Crippen molar-refractivity contribution in [3.05, 3.63) is 101 Å². The SMILES string of the molecule is O=C(Nc1ccc2oc(-c3ccccc3)nc2c1)c1ccc(-c2ccc([N+](=O)[O-])cc2)o1. The normalized spacial score (nSPS) is 10.9. The van der Waals surface area contributed by atoms with Gasteiger partial charge in [0.15, 0.2) is 11.3 Å². The molecule has 0 bridgehead atoms.